The lowest BCUT2D eigenvalue weighted by atomic mass is 9.80. The molecule has 0 amide bonds. The number of carbonyl (C=O) groups excluding carboxylic acids is 1. The van der Waals surface area contributed by atoms with Gasteiger partial charge in [0.25, 0.3) is 0 Å². The molecule has 1 aliphatic rings. The van der Waals surface area contributed by atoms with Gasteiger partial charge in [-0.1, -0.05) is 37.5 Å². The first-order valence-electron chi connectivity index (χ1n) is 9.36. The molecule has 1 fully saturated rings. The number of methoxy groups -OCH3 is 1. The van der Waals surface area contributed by atoms with Gasteiger partial charge in [-0.25, -0.2) is 13.1 Å². The van der Waals surface area contributed by atoms with Gasteiger partial charge in [0.2, 0.25) is 10.0 Å². The first-order chi connectivity index (χ1) is 13.4. The maximum atomic E-state index is 12.9. The van der Waals surface area contributed by atoms with Crippen LogP contribution < -0.4 is 9.46 Å². The van der Waals surface area contributed by atoms with Crippen LogP contribution in [0.2, 0.25) is 0 Å². The van der Waals surface area contributed by atoms with Crippen molar-refractivity contribution in [3.63, 3.8) is 0 Å². The van der Waals surface area contributed by atoms with Crippen molar-refractivity contribution in [3.05, 3.63) is 54.6 Å². The van der Waals surface area contributed by atoms with Gasteiger partial charge < -0.3 is 9.47 Å². The van der Waals surface area contributed by atoms with E-state index in [1.165, 1.54) is 19.2 Å². The van der Waals surface area contributed by atoms with Gasteiger partial charge in [0.1, 0.15) is 11.5 Å². The fourth-order valence-corrected chi connectivity index (χ4v) is 5.01. The summed E-state index contributed by atoms with van der Waals surface area (Å²) in [6, 6.07) is 15.5. The Balaban J connectivity index is 1.76. The van der Waals surface area contributed by atoms with Gasteiger partial charge in [0.05, 0.1) is 18.4 Å². The fraction of sp³-hybridized carbons (Fsp3) is 0.381. The molecular weight excluding hydrogens is 378 g/mol. The van der Waals surface area contributed by atoms with E-state index in [1.807, 2.05) is 30.3 Å². The Hall–Kier alpha value is -2.38. The molecule has 2 aromatic carbocycles. The Morgan fingerprint density at radius 3 is 2.18 bits per heavy atom. The lowest BCUT2D eigenvalue weighted by Crippen LogP contribution is -2.51. The first-order valence-corrected chi connectivity index (χ1v) is 10.8. The van der Waals surface area contributed by atoms with Gasteiger partial charge in [-0.15, -0.1) is 0 Å². The van der Waals surface area contributed by atoms with E-state index in [4.69, 9.17) is 9.47 Å². The molecule has 0 heterocycles. The number of nitrogens with one attached hydrogen (secondary N) is 1. The summed E-state index contributed by atoms with van der Waals surface area (Å²) in [7, 11) is -2.46. The maximum absolute atomic E-state index is 12.9. The van der Waals surface area contributed by atoms with Crippen molar-refractivity contribution in [1.82, 2.24) is 4.72 Å². The van der Waals surface area contributed by atoms with Crippen molar-refractivity contribution >= 4 is 16.0 Å². The highest BCUT2D eigenvalue weighted by atomic mass is 32.2. The van der Waals surface area contributed by atoms with E-state index in [9.17, 15) is 13.2 Å². The van der Waals surface area contributed by atoms with E-state index < -0.39 is 21.5 Å². The van der Waals surface area contributed by atoms with E-state index in [0.717, 1.165) is 19.3 Å². The minimum atomic E-state index is -3.78. The van der Waals surface area contributed by atoms with Crippen LogP contribution >= 0.6 is 0 Å². The largest absolute Gasteiger partial charge is 0.469 e. The molecule has 0 aromatic heterocycles. The number of hydrogen-bond donors (Lipinski definition) is 1. The predicted molar refractivity (Wildman–Crippen MR) is 106 cm³/mol. The van der Waals surface area contributed by atoms with Crippen molar-refractivity contribution < 1.29 is 22.7 Å². The van der Waals surface area contributed by atoms with Gasteiger partial charge in [0.15, 0.2) is 0 Å². The number of para-hydroxylation sites is 1. The van der Waals surface area contributed by atoms with Crippen LogP contribution in [0.1, 0.15) is 38.5 Å². The highest BCUT2D eigenvalue weighted by Gasteiger charge is 2.38. The second kappa shape index (κ2) is 8.75. The van der Waals surface area contributed by atoms with Crippen LogP contribution in [0.5, 0.6) is 11.5 Å². The molecule has 1 N–H and O–H groups in total. The zero-order valence-electron chi connectivity index (χ0n) is 15.9. The standard InChI is InChI=1S/C21H25NO5S/c1-26-20(23)16-21(14-6-3-7-15-21)22-28(24,25)19-12-10-18(11-13-19)27-17-8-4-2-5-9-17/h2,4-5,8-13,22H,3,6-7,14-16H2,1H3. The van der Waals surface area contributed by atoms with E-state index in [0.29, 0.717) is 24.3 Å². The minimum Gasteiger partial charge on any atom is -0.469 e. The Morgan fingerprint density at radius 1 is 0.964 bits per heavy atom. The number of esters is 1. The zero-order valence-corrected chi connectivity index (χ0v) is 16.7. The third-order valence-corrected chi connectivity index (χ3v) is 6.58. The lowest BCUT2D eigenvalue weighted by Gasteiger charge is -2.36. The Labute approximate surface area is 165 Å². The highest BCUT2D eigenvalue weighted by molar-refractivity contribution is 7.89. The molecule has 2 aromatic rings. The summed E-state index contributed by atoms with van der Waals surface area (Å²) >= 11 is 0. The van der Waals surface area contributed by atoms with E-state index in [-0.39, 0.29) is 11.3 Å². The van der Waals surface area contributed by atoms with E-state index in [1.54, 1.807) is 12.1 Å². The van der Waals surface area contributed by atoms with Crippen LogP contribution in [-0.4, -0.2) is 27.0 Å². The van der Waals surface area contributed by atoms with Crippen LogP contribution in [0.3, 0.4) is 0 Å². The molecule has 0 aliphatic heterocycles. The van der Waals surface area contributed by atoms with Gasteiger partial charge >= 0.3 is 5.97 Å². The average molecular weight is 404 g/mol. The number of ether oxygens (including phenoxy) is 2. The molecule has 0 spiro atoms. The molecule has 0 unspecified atom stereocenters. The fourth-order valence-electron chi connectivity index (χ4n) is 3.55. The van der Waals surface area contributed by atoms with Crippen LogP contribution in [0, 0.1) is 0 Å². The molecule has 0 radical (unpaired) electrons. The molecule has 6 nitrogen and oxygen atoms in total. The van der Waals surface area contributed by atoms with Gasteiger partial charge in [0, 0.05) is 5.54 Å². The van der Waals surface area contributed by atoms with Crippen LogP contribution in [0.15, 0.2) is 59.5 Å². The summed E-state index contributed by atoms with van der Waals surface area (Å²) in [6.45, 7) is 0. The van der Waals surface area contributed by atoms with Crippen LogP contribution in [0.4, 0.5) is 0 Å². The SMILES string of the molecule is COC(=O)CC1(NS(=O)(=O)c2ccc(Oc3ccccc3)cc2)CCCCC1. The number of hydrogen-bond acceptors (Lipinski definition) is 5. The molecule has 7 heteroatoms. The second-order valence-electron chi connectivity index (χ2n) is 7.09. The Morgan fingerprint density at radius 2 is 1.57 bits per heavy atom. The van der Waals surface area contributed by atoms with Crippen molar-refractivity contribution in [3.8, 4) is 11.5 Å². The summed E-state index contributed by atoms with van der Waals surface area (Å²) in [5, 5.41) is 0. The summed E-state index contributed by atoms with van der Waals surface area (Å²) in [5.41, 5.74) is -0.788. The molecule has 0 atom stereocenters. The summed E-state index contributed by atoms with van der Waals surface area (Å²) in [4.78, 5) is 12.0. The number of rotatable bonds is 7. The van der Waals surface area contributed by atoms with Crippen LogP contribution in [-0.2, 0) is 19.6 Å². The highest BCUT2D eigenvalue weighted by Crippen LogP contribution is 2.33. The molecule has 150 valence electrons. The molecule has 1 saturated carbocycles. The lowest BCUT2D eigenvalue weighted by molar-refractivity contribution is -0.142. The van der Waals surface area contributed by atoms with Crippen molar-refractivity contribution in [2.24, 2.45) is 0 Å². The van der Waals surface area contributed by atoms with Crippen molar-refractivity contribution in [2.45, 2.75) is 49.0 Å². The third-order valence-electron chi connectivity index (χ3n) is 4.98. The normalized spacial score (nSPS) is 16.3. The van der Waals surface area contributed by atoms with Crippen LogP contribution in [0.25, 0.3) is 0 Å². The smallest absolute Gasteiger partial charge is 0.307 e. The Kier molecular flexibility index (Phi) is 6.36. The second-order valence-corrected chi connectivity index (χ2v) is 8.77. The molecule has 1 aliphatic carbocycles. The van der Waals surface area contributed by atoms with E-state index >= 15 is 0 Å². The predicted octanol–water partition coefficient (Wildman–Crippen LogP) is 4.02. The zero-order chi connectivity index (χ0) is 20.0. The van der Waals surface area contributed by atoms with Gasteiger partial charge in [-0.3, -0.25) is 4.79 Å². The first kappa shape index (κ1) is 20.4. The minimum absolute atomic E-state index is 0.0396. The summed E-state index contributed by atoms with van der Waals surface area (Å²) in [5.74, 6) is 0.818. The van der Waals surface area contributed by atoms with Gasteiger partial charge in [-0.05, 0) is 49.2 Å². The monoisotopic (exact) mass is 403 g/mol. The molecule has 0 saturated heterocycles. The molecule has 0 bridgehead atoms. The van der Waals surface area contributed by atoms with Crippen molar-refractivity contribution in [1.29, 1.82) is 0 Å². The maximum Gasteiger partial charge on any atom is 0.307 e. The third kappa shape index (κ3) is 5.11. The summed E-state index contributed by atoms with van der Waals surface area (Å²) in [6.07, 6.45) is 4.08. The number of benzene rings is 2. The summed E-state index contributed by atoms with van der Waals surface area (Å²) < 4.78 is 39.2. The molecular formula is C21H25NO5S. The van der Waals surface area contributed by atoms with Crippen molar-refractivity contribution in [2.75, 3.05) is 7.11 Å². The quantitative estimate of drug-likeness (QED) is 0.706. The number of carbonyl (C=O) groups is 1. The number of sulfonamides is 1. The molecule has 28 heavy (non-hydrogen) atoms. The van der Waals surface area contributed by atoms with Gasteiger partial charge in [-0.2, -0.15) is 0 Å². The molecule has 3 rings (SSSR count). The average Bonchev–Trinajstić information content (AvgIpc) is 2.69. The topological polar surface area (TPSA) is 81.7 Å². The Bertz CT molecular complexity index is 888. The van der Waals surface area contributed by atoms with E-state index in [2.05, 4.69) is 4.72 Å².